The summed E-state index contributed by atoms with van der Waals surface area (Å²) in [4.78, 5) is 37.7. The molecule has 5 nitrogen and oxygen atoms in total. The van der Waals surface area contributed by atoms with Crippen molar-refractivity contribution >= 4 is 17.7 Å². The summed E-state index contributed by atoms with van der Waals surface area (Å²) in [5.74, 6) is -0.653. The lowest BCUT2D eigenvalue weighted by Gasteiger charge is -2.21. The number of hydrogen-bond donors (Lipinski definition) is 0. The van der Waals surface area contributed by atoms with Crippen LogP contribution in [0.15, 0.2) is 48.5 Å². The van der Waals surface area contributed by atoms with Crippen LogP contribution in [0.5, 0.6) is 0 Å². The van der Waals surface area contributed by atoms with Gasteiger partial charge in [-0.15, -0.1) is 0 Å². The summed E-state index contributed by atoms with van der Waals surface area (Å²) in [5.41, 5.74) is 2.48. The molecule has 1 amide bonds. The molecular formula is C20H19NO4. The molecular weight excluding hydrogens is 318 g/mol. The fraction of sp³-hybridized carbons (Fsp3) is 0.250. The number of ether oxygens (including phenoxy) is 1. The summed E-state index contributed by atoms with van der Waals surface area (Å²) in [7, 11) is 0. The summed E-state index contributed by atoms with van der Waals surface area (Å²) >= 11 is 0. The number of carbonyl (C=O) groups excluding carboxylic acids is 3. The standard InChI is InChI=1S/C20H19NO4/c1-13(11-21-12-17-6-3-4-9-18(17)19(21)23)25-20(24)16-8-5-7-15(10-16)14(2)22/h3-10,13H,11-12H2,1-2H3. The first-order valence-electron chi connectivity index (χ1n) is 8.15. The maximum Gasteiger partial charge on any atom is 0.338 e. The molecule has 0 aliphatic carbocycles. The van der Waals surface area contributed by atoms with Crippen LogP contribution in [-0.2, 0) is 11.3 Å². The van der Waals surface area contributed by atoms with Gasteiger partial charge in [0.25, 0.3) is 5.91 Å². The van der Waals surface area contributed by atoms with Gasteiger partial charge < -0.3 is 9.64 Å². The number of amides is 1. The van der Waals surface area contributed by atoms with Crippen LogP contribution in [-0.4, -0.2) is 35.2 Å². The van der Waals surface area contributed by atoms with E-state index in [0.29, 0.717) is 29.8 Å². The van der Waals surface area contributed by atoms with Crippen molar-refractivity contribution < 1.29 is 19.1 Å². The second-order valence-corrected chi connectivity index (χ2v) is 6.20. The second kappa shape index (κ2) is 6.89. The highest BCUT2D eigenvalue weighted by Crippen LogP contribution is 2.22. The van der Waals surface area contributed by atoms with E-state index in [9.17, 15) is 14.4 Å². The third kappa shape index (κ3) is 3.60. The second-order valence-electron chi connectivity index (χ2n) is 6.20. The van der Waals surface area contributed by atoms with Crippen molar-refractivity contribution in [1.29, 1.82) is 0 Å². The Morgan fingerprint density at radius 1 is 1.12 bits per heavy atom. The molecule has 1 heterocycles. The third-order valence-corrected chi connectivity index (χ3v) is 4.19. The molecule has 2 aromatic rings. The molecule has 1 atom stereocenters. The van der Waals surface area contributed by atoms with Crippen LogP contribution < -0.4 is 0 Å². The number of fused-ring (bicyclic) bond motifs is 1. The Morgan fingerprint density at radius 2 is 1.84 bits per heavy atom. The van der Waals surface area contributed by atoms with Crippen molar-refractivity contribution in [1.82, 2.24) is 4.90 Å². The van der Waals surface area contributed by atoms with Gasteiger partial charge in [-0.1, -0.05) is 30.3 Å². The zero-order valence-corrected chi connectivity index (χ0v) is 14.2. The molecule has 5 heteroatoms. The molecule has 0 fully saturated rings. The minimum atomic E-state index is -0.500. The zero-order valence-electron chi connectivity index (χ0n) is 14.2. The van der Waals surface area contributed by atoms with Gasteiger partial charge in [-0.25, -0.2) is 4.79 Å². The minimum absolute atomic E-state index is 0.0444. The number of hydrogen-bond acceptors (Lipinski definition) is 4. The van der Waals surface area contributed by atoms with E-state index in [0.717, 1.165) is 5.56 Å². The molecule has 2 aromatic carbocycles. The van der Waals surface area contributed by atoms with E-state index in [1.165, 1.54) is 13.0 Å². The Morgan fingerprint density at radius 3 is 2.56 bits per heavy atom. The first-order chi connectivity index (χ1) is 12.0. The number of esters is 1. The van der Waals surface area contributed by atoms with Crippen molar-refractivity contribution in [2.45, 2.75) is 26.5 Å². The molecule has 1 unspecified atom stereocenters. The normalized spacial score (nSPS) is 14.2. The van der Waals surface area contributed by atoms with Crippen LogP contribution >= 0.6 is 0 Å². The Labute approximate surface area is 146 Å². The third-order valence-electron chi connectivity index (χ3n) is 4.19. The highest BCUT2D eigenvalue weighted by molar-refractivity contribution is 5.99. The van der Waals surface area contributed by atoms with E-state index in [-0.39, 0.29) is 11.7 Å². The van der Waals surface area contributed by atoms with Crippen LogP contribution in [0, 0.1) is 0 Å². The fourth-order valence-electron chi connectivity index (χ4n) is 2.93. The molecule has 0 saturated carbocycles. The molecule has 128 valence electrons. The van der Waals surface area contributed by atoms with E-state index in [1.54, 1.807) is 30.0 Å². The number of Topliss-reactive ketones (excluding diaryl/α,β-unsaturated/α-hetero) is 1. The van der Waals surface area contributed by atoms with E-state index < -0.39 is 12.1 Å². The summed E-state index contributed by atoms with van der Waals surface area (Å²) in [6.45, 7) is 4.05. The highest BCUT2D eigenvalue weighted by atomic mass is 16.5. The number of carbonyl (C=O) groups is 3. The maximum absolute atomic E-state index is 12.4. The van der Waals surface area contributed by atoms with Crippen LogP contribution in [0.1, 0.15) is 50.5 Å². The maximum atomic E-state index is 12.4. The topological polar surface area (TPSA) is 63.7 Å². The first-order valence-corrected chi connectivity index (χ1v) is 8.15. The molecule has 1 aliphatic rings. The van der Waals surface area contributed by atoms with Crippen molar-refractivity contribution in [3.05, 3.63) is 70.8 Å². The Bertz CT molecular complexity index is 843. The lowest BCUT2D eigenvalue weighted by atomic mass is 10.1. The van der Waals surface area contributed by atoms with E-state index >= 15 is 0 Å². The number of ketones is 1. The van der Waals surface area contributed by atoms with Gasteiger partial charge in [-0.2, -0.15) is 0 Å². The molecule has 1 aliphatic heterocycles. The Hall–Kier alpha value is -2.95. The average molecular weight is 337 g/mol. The molecule has 0 bridgehead atoms. The van der Waals surface area contributed by atoms with Gasteiger partial charge >= 0.3 is 5.97 Å². The number of nitrogens with zero attached hydrogens (tertiary/aromatic N) is 1. The molecule has 0 spiro atoms. The van der Waals surface area contributed by atoms with Crippen LogP contribution in [0.4, 0.5) is 0 Å². The monoisotopic (exact) mass is 337 g/mol. The predicted octanol–water partition coefficient (Wildman–Crippen LogP) is 3.09. The van der Waals surface area contributed by atoms with Gasteiger partial charge in [0.05, 0.1) is 12.1 Å². The van der Waals surface area contributed by atoms with Gasteiger partial charge in [-0.3, -0.25) is 9.59 Å². The van der Waals surface area contributed by atoms with E-state index in [1.807, 2.05) is 24.3 Å². The van der Waals surface area contributed by atoms with Crippen molar-refractivity contribution in [2.75, 3.05) is 6.54 Å². The summed E-state index contributed by atoms with van der Waals surface area (Å²) in [6, 6.07) is 13.9. The molecule has 0 N–H and O–H groups in total. The van der Waals surface area contributed by atoms with Gasteiger partial charge in [0.1, 0.15) is 6.10 Å². The Kier molecular flexibility index (Phi) is 4.65. The van der Waals surface area contributed by atoms with E-state index in [2.05, 4.69) is 0 Å². The van der Waals surface area contributed by atoms with Crippen LogP contribution in [0.3, 0.4) is 0 Å². The van der Waals surface area contributed by atoms with Crippen molar-refractivity contribution in [2.24, 2.45) is 0 Å². The molecule has 0 radical (unpaired) electrons. The summed E-state index contributed by atoms with van der Waals surface area (Å²) < 4.78 is 5.44. The molecule has 25 heavy (non-hydrogen) atoms. The minimum Gasteiger partial charge on any atom is -0.457 e. The van der Waals surface area contributed by atoms with Crippen LogP contribution in [0.2, 0.25) is 0 Å². The zero-order chi connectivity index (χ0) is 18.0. The van der Waals surface area contributed by atoms with Gasteiger partial charge in [-0.05, 0) is 37.6 Å². The van der Waals surface area contributed by atoms with Crippen LogP contribution in [0.25, 0.3) is 0 Å². The largest absolute Gasteiger partial charge is 0.457 e. The van der Waals surface area contributed by atoms with Crippen molar-refractivity contribution in [3.63, 3.8) is 0 Å². The quantitative estimate of drug-likeness (QED) is 0.621. The summed E-state index contributed by atoms with van der Waals surface area (Å²) in [6.07, 6.45) is -0.452. The fourth-order valence-corrected chi connectivity index (χ4v) is 2.93. The first kappa shape index (κ1) is 16.9. The Balaban J connectivity index is 1.63. The SMILES string of the molecule is CC(=O)c1cccc(C(=O)OC(C)CN2Cc3ccccc3C2=O)c1. The number of rotatable bonds is 5. The van der Waals surface area contributed by atoms with Gasteiger partial charge in [0, 0.05) is 17.7 Å². The molecule has 3 rings (SSSR count). The van der Waals surface area contributed by atoms with Gasteiger partial charge in [0.2, 0.25) is 0 Å². The molecule has 0 saturated heterocycles. The van der Waals surface area contributed by atoms with Gasteiger partial charge in [0.15, 0.2) is 5.78 Å². The number of benzene rings is 2. The lowest BCUT2D eigenvalue weighted by molar-refractivity contribution is 0.0242. The highest BCUT2D eigenvalue weighted by Gasteiger charge is 2.28. The lowest BCUT2D eigenvalue weighted by Crippen LogP contribution is -2.33. The predicted molar refractivity (Wildman–Crippen MR) is 92.5 cm³/mol. The van der Waals surface area contributed by atoms with Crippen molar-refractivity contribution in [3.8, 4) is 0 Å². The van der Waals surface area contributed by atoms with E-state index in [4.69, 9.17) is 4.74 Å². The smallest absolute Gasteiger partial charge is 0.338 e. The molecule has 0 aromatic heterocycles. The average Bonchev–Trinajstić information content (AvgIpc) is 2.91. The summed E-state index contributed by atoms with van der Waals surface area (Å²) in [5, 5.41) is 0.